The third-order valence-corrected chi connectivity index (χ3v) is 3.68. The van der Waals surface area contributed by atoms with E-state index in [4.69, 9.17) is 0 Å². The highest BCUT2D eigenvalue weighted by Gasteiger charge is 2.18. The Morgan fingerprint density at radius 1 is 1.00 bits per heavy atom. The van der Waals surface area contributed by atoms with Gasteiger partial charge in [-0.05, 0) is 54.9 Å². The van der Waals surface area contributed by atoms with E-state index in [2.05, 4.69) is 21.2 Å². The summed E-state index contributed by atoms with van der Waals surface area (Å²) in [5.74, 6) is -4.45. The molecule has 0 aromatic heterocycles. The molecule has 0 saturated heterocycles. The van der Waals surface area contributed by atoms with Gasteiger partial charge in [0.05, 0.1) is 0 Å². The number of nitrogens with one attached hydrogen (secondary N) is 1. The molecule has 6 heteroatoms. The molecule has 1 nitrogen and oxygen atoms in total. The van der Waals surface area contributed by atoms with Crippen molar-refractivity contribution in [3.8, 4) is 0 Å². The topological polar surface area (TPSA) is 12.0 Å². The van der Waals surface area contributed by atoms with Gasteiger partial charge in [-0.3, -0.25) is 0 Å². The van der Waals surface area contributed by atoms with E-state index in [0.29, 0.717) is 10.0 Å². The van der Waals surface area contributed by atoms with Gasteiger partial charge in [-0.15, -0.1) is 0 Å². The summed E-state index contributed by atoms with van der Waals surface area (Å²) in [6, 6.07) is 5.74. The Balaban J connectivity index is 2.34. The highest BCUT2D eigenvalue weighted by molar-refractivity contribution is 9.10. The molecule has 0 aliphatic rings. The second kappa shape index (κ2) is 6.58. The van der Waals surface area contributed by atoms with Crippen LogP contribution in [0.25, 0.3) is 0 Å². The van der Waals surface area contributed by atoms with Crippen LogP contribution in [-0.2, 0) is 6.42 Å². The predicted molar refractivity (Wildman–Crippen MR) is 75.9 cm³/mol. The van der Waals surface area contributed by atoms with E-state index in [1.807, 2.05) is 0 Å². The average molecular weight is 362 g/mol. The van der Waals surface area contributed by atoms with Crippen molar-refractivity contribution in [2.45, 2.75) is 12.5 Å². The normalized spacial score (nSPS) is 12.5. The van der Waals surface area contributed by atoms with Crippen molar-refractivity contribution in [2.24, 2.45) is 0 Å². The Labute approximate surface area is 128 Å². The van der Waals surface area contributed by atoms with Crippen LogP contribution in [0, 0.1) is 23.3 Å². The highest BCUT2D eigenvalue weighted by Crippen LogP contribution is 2.25. The molecule has 21 heavy (non-hydrogen) atoms. The molecule has 2 aromatic carbocycles. The van der Waals surface area contributed by atoms with E-state index in [1.165, 1.54) is 6.07 Å². The molecule has 1 N–H and O–H groups in total. The first-order valence-electron chi connectivity index (χ1n) is 6.18. The maximum Gasteiger partial charge on any atom is 0.194 e. The SMILES string of the molecule is CNC(Cc1cc(Br)ccc1F)c1cc(F)c(F)c(F)c1. The molecule has 0 fully saturated rings. The molecular formula is C15H12BrF4N. The third-order valence-electron chi connectivity index (χ3n) is 3.19. The quantitative estimate of drug-likeness (QED) is 0.624. The lowest BCUT2D eigenvalue weighted by atomic mass is 9.98. The Morgan fingerprint density at radius 3 is 2.19 bits per heavy atom. The molecule has 0 bridgehead atoms. The summed E-state index contributed by atoms with van der Waals surface area (Å²) in [6.45, 7) is 0. The summed E-state index contributed by atoms with van der Waals surface area (Å²) in [5, 5.41) is 2.85. The maximum absolute atomic E-state index is 13.7. The molecule has 0 saturated carbocycles. The van der Waals surface area contributed by atoms with Gasteiger partial charge in [0.2, 0.25) is 0 Å². The van der Waals surface area contributed by atoms with Gasteiger partial charge in [0.25, 0.3) is 0 Å². The Bertz CT molecular complexity index is 637. The molecule has 0 aliphatic heterocycles. The first kappa shape index (κ1) is 16.0. The van der Waals surface area contributed by atoms with Crippen LogP contribution in [0.4, 0.5) is 17.6 Å². The molecule has 112 valence electrons. The first-order valence-corrected chi connectivity index (χ1v) is 6.97. The molecule has 1 unspecified atom stereocenters. The molecule has 2 rings (SSSR count). The summed E-state index contributed by atoms with van der Waals surface area (Å²) in [7, 11) is 1.58. The van der Waals surface area contributed by atoms with Gasteiger partial charge in [0.1, 0.15) is 5.82 Å². The van der Waals surface area contributed by atoms with Crippen molar-refractivity contribution in [3.05, 3.63) is 69.2 Å². The van der Waals surface area contributed by atoms with Crippen LogP contribution < -0.4 is 5.32 Å². The van der Waals surface area contributed by atoms with E-state index in [9.17, 15) is 17.6 Å². The minimum Gasteiger partial charge on any atom is -0.313 e. The lowest BCUT2D eigenvalue weighted by Gasteiger charge is -2.18. The monoisotopic (exact) mass is 361 g/mol. The zero-order valence-electron chi connectivity index (χ0n) is 11.1. The Hall–Kier alpha value is -1.40. The van der Waals surface area contributed by atoms with E-state index in [1.54, 1.807) is 19.2 Å². The van der Waals surface area contributed by atoms with Gasteiger partial charge in [0, 0.05) is 10.5 Å². The summed E-state index contributed by atoms with van der Waals surface area (Å²) in [5.41, 5.74) is 0.599. The van der Waals surface area contributed by atoms with Crippen LogP contribution in [0.5, 0.6) is 0 Å². The lowest BCUT2D eigenvalue weighted by Crippen LogP contribution is -2.20. The van der Waals surface area contributed by atoms with Crippen molar-refractivity contribution < 1.29 is 17.6 Å². The first-order chi connectivity index (χ1) is 9.92. The van der Waals surface area contributed by atoms with Gasteiger partial charge in [0.15, 0.2) is 17.5 Å². The van der Waals surface area contributed by atoms with Gasteiger partial charge in [-0.25, -0.2) is 17.6 Å². The fourth-order valence-corrected chi connectivity index (χ4v) is 2.49. The molecule has 0 radical (unpaired) electrons. The summed E-state index contributed by atoms with van der Waals surface area (Å²) < 4.78 is 54.0. The molecule has 0 aliphatic carbocycles. The average Bonchev–Trinajstić information content (AvgIpc) is 2.45. The number of benzene rings is 2. The zero-order valence-corrected chi connectivity index (χ0v) is 12.6. The van der Waals surface area contributed by atoms with Crippen LogP contribution >= 0.6 is 15.9 Å². The van der Waals surface area contributed by atoms with Crippen LogP contribution in [0.3, 0.4) is 0 Å². The van der Waals surface area contributed by atoms with Gasteiger partial charge < -0.3 is 5.32 Å². The number of hydrogen-bond acceptors (Lipinski definition) is 1. The molecule has 1 atom stereocenters. The van der Waals surface area contributed by atoms with Gasteiger partial charge in [-0.2, -0.15) is 0 Å². The van der Waals surface area contributed by atoms with Crippen LogP contribution in [-0.4, -0.2) is 7.05 Å². The third kappa shape index (κ3) is 3.63. The zero-order chi connectivity index (χ0) is 15.6. The minimum atomic E-state index is -1.51. The van der Waals surface area contributed by atoms with E-state index in [-0.39, 0.29) is 12.0 Å². The molecule has 0 amide bonds. The van der Waals surface area contributed by atoms with Crippen molar-refractivity contribution in [1.29, 1.82) is 0 Å². The maximum atomic E-state index is 13.7. The number of hydrogen-bond donors (Lipinski definition) is 1. The second-order valence-corrected chi connectivity index (χ2v) is 5.50. The van der Waals surface area contributed by atoms with E-state index in [0.717, 1.165) is 12.1 Å². The fourth-order valence-electron chi connectivity index (χ4n) is 2.08. The van der Waals surface area contributed by atoms with E-state index >= 15 is 0 Å². The van der Waals surface area contributed by atoms with E-state index < -0.39 is 29.3 Å². The molecule has 0 spiro atoms. The summed E-state index contributed by atoms with van der Waals surface area (Å²) >= 11 is 3.24. The predicted octanol–water partition coefficient (Wildman–Crippen LogP) is 4.51. The van der Waals surface area contributed by atoms with Gasteiger partial charge in [-0.1, -0.05) is 15.9 Å². The summed E-state index contributed by atoms with van der Waals surface area (Å²) in [4.78, 5) is 0. The lowest BCUT2D eigenvalue weighted by molar-refractivity contribution is 0.440. The van der Waals surface area contributed by atoms with Crippen molar-refractivity contribution in [3.63, 3.8) is 0 Å². The summed E-state index contributed by atoms with van der Waals surface area (Å²) in [6.07, 6.45) is 0.173. The smallest absolute Gasteiger partial charge is 0.194 e. The van der Waals surface area contributed by atoms with Gasteiger partial charge >= 0.3 is 0 Å². The number of rotatable bonds is 4. The van der Waals surface area contributed by atoms with Crippen LogP contribution in [0.1, 0.15) is 17.2 Å². The number of likely N-dealkylation sites (N-methyl/N-ethyl adjacent to an activating group) is 1. The van der Waals surface area contributed by atoms with Crippen molar-refractivity contribution in [2.75, 3.05) is 7.05 Å². The van der Waals surface area contributed by atoms with Crippen molar-refractivity contribution >= 4 is 15.9 Å². The molecule has 0 heterocycles. The molecular weight excluding hydrogens is 350 g/mol. The number of halogens is 5. The Kier molecular flexibility index (Phi) is 5.00. The Morgan fingerprint density at radius 2 is 1.62 bits per heavy atom. The van der Waals surface area contributed by atoms with Crippen molar-refractivity contribution in [1.82, 2.24) is 5.32 Å². The standard InChI is InChI=1S/C15H12BrF4N/c1-21-14(7-8-4-10(16)2-3-11(8)17)9-5-12(18)15(20)13(19)6-9/h2-6,14,21H,7H2,1H3. The second-order valence-electron chi connectivity index (χ2n) is 4.58. The highest BCUT2D eigenvalue weighted by atomic mass is 79.9. The van der Waals surface area contributed by atoms with Crippen LogP contribution in [0.2, 0.25) is 0 Å². The largest absolute Gasteiger partial charge is 0.313 e. The minimum absolute atomic E-state index is 0.173. The molecule has 2 aromatic rings. The fraction of sp³-hybridized carbons (Fsp3) is 0.200. The van der Waals surface area contributed by atoms with Crippen LogP contribution in [0.15, 0.2) is 34.8 Å².